The van der Waals surface area contributed by atoms with Gasteiger partial charge in [0.25, 0.3) is 0 Å². The van der Waals surface area contributed by atoms with Gasteiger partial charge in [-0.25, -0.2) is 0 Å². The van der Waals surface area contributed by atoms with E-state index in [1.807, 2.05) is 0 Å². The van der Waals surface area contributed by atoms with Crippen molar-refractivity contribution in [2.75, 3.05) is 6.61 Å². The van der Waals surface area contributed by atoms with Crippen molar-refractivity contribution in [1.82, 2.24) is 0 Å². The van der Waals surface area contributed by atoms with Gasteiger partial charge in [0.1, 0.15) is 0 Å². The lowest BCUT2D eigenvalue weighted by atomic mass is 10.5. The van der Waals surface area contributed by atoms with E-state index < -0.39 is 12.8 Å². The SMILES string of the molecule is [CH2]/C(C)=N/OCC(F)(F)F. The van der Waals surface area contributed by atoms with Crippen LogP contribution in [0, 0.1) is 6.92 Å². The highest BCUT2D eigenvalue weighted by Crippen LogP contribution is 2.14. The van der Waals surface area contributed by atoms with Crippen LogP contribution in [-0.2, 0) is 4.84 Å². The molecular weight excluding hydrogens is 147 g/mol. The molecule has 0 aromatic rings. The maximum absolute atomic E-state index is 11.3. The zero-order chi connectivity index (χ0) is 8.20. The maximum Gasteiger partial charge on any atom is 0.425 e. The molecule has 0 aliphatic heterocycles. The van der Waals surface area contributed by atoms with Crippen LogP contribution in [0.4, 0.5) is 13.2 Å². The highest BCUT2D eigenvalue weighted by molar-refractivity contribution is 5.85. The Bertz CT molecular complexity index is 125. The van der Waals surface area contributed by atoms with Crippen LogP contribution >= 0.6 is 0 Å². The summed E-state index contributed by atoms with van der Waals surface area (Å²) >= 11 is 0. The van der Waals surface area contributed by atoms with Crippen molar-refractivity contribution in [3.8, 4) is 0 Å². The average Bonchev–Trinajstić information content (AvgIpc) is 1.59. The number of rotatable bonds is 2. The summed E-state index contributed by atoms with van der Waals surface area (Å²) in [6, 6.07) is 0. The highest BCUT2D eigenvalue weighted by atomic mass is 19.4. The first-order valence-electron chi connectivity index (χ1n) is 2.47. The van der Waals surface area contributed by atoms with Gasteiger partial charge in [-0.3, -0.25) is 0 Å². The summed E-state index contributed by atoms with van der Waals surface area (Å²) in [5.74, 6) is 0. The molecule has 5 heteroatoms. The summed E-state index contributed by atoms with van der Waals surface area (Å²) < 4.78 is 33.9. The van der Waals surface area contributed by atoms with Crippen LogP contribution < -0.4 is 0 Å². The van der Waals surface area contributed by atoms with Crippen molar-refractivity contribution >= 4 is 5.71 Å². The Morgan fingerprint density at radius 2 is 2.10 bits per heavy atom. The molecule has 0 saturated heterocycles. The molecule has 2 nitrogen and oxygen atoms in total. The zero-order valence-corrected chi connectivity index (χ0v) is 5.40. The molecule has 0 aromatic carbocycles. The van der Waals surface area contributed by atoms with Crippen molar-refractivity contribution in [3.05, 3.63) is 6.92 Å². The Morgan fingerprint density at radius 1 is 1.60 bits per heavy atom. The van der Waals surface area contributed by atoms with Crippen molar-refractivity contribution in [1.29, 1.82) is 0 Å². The van der Waals surface area contributed by atoms with Crippen molar-refractivity contribution in [2.45, 2.75) is 13.1 Å². The van der Waals surface area contributed by atoms with Gasteiger partial charge in [-0.1, -0.05) is 5.16 Å². The quantitative estimate of drug-likeness (QED) is 0.438. The number of hydrogen-bond acceptors (Lipinski definition) is 2. The molecular formula is C5H7F3NO. The molecule has 0 aromatic heterocycles. The van der Waals surface area contributed by atoms with Gasteiger partial charge in [0.2, 0.25) is 6.61 Å². The number of nitrogens with zero attached hydrogens (tertiary/aromatic N) is 1. The highest BCUT2D eigenvalue weighted by Gasteiger charge is 2.28. The summed E-state index contributed by atoms with van der Waals surface area (Å²) in [7, 11) is 0. The van der Waals surface area contributed by atoms with E-state index in [1.165, 1.54) is 6.92 Å². The van der Waals surface area contributed by atoms with Gasteiger partial charge in [0.05, 0.1) is 5.71 Å². The van der Waals surface area contributed by atoms with Crippen LogP contribution in [0.5, 0.6) is 0 Å². The van der Waals surface area contributed by atoms with E-state index in [0.29, 0.717) is 0 Å². The van der Waals surface area contributed by atoms with E-state index >= 15 is 0 Å². The molecule has 59 valence electrons. The minimum Gasteiger partial charge on any atom is -0.386 e. The number of hydrogen-bond donors (Lipinski definition) is 0. The number of oxime groups is 1. The van der Waals surface area contributed by atoms with Crippen LogP contribution in [0.3, 0.4) is 0 Å². The molecule has 0 fully saturated rings. The van der Waals surface area contributed by atoms with Gasteiger partial charge < -0.3 is 4.84 Å². The van der Waals surface area contributed by atoms with Gasteiger partial charge >= 0.3 is 6.18 Å². The second-order valence-electron chi connectivity index (χ2n) is 1.72. The smallest absolute Gasteiger partial charge is 0.386 e. The van der Waals surface area contributed by atoms with Gasteiger partial charge in [-0.05, 0) is 13.8 Å². The average molecular weight is 154 g/mol. The lowest BCUT2D eigenvalue weighted by Gasteiger charge is -2.02. The summed E-state index contributed by atoms with van der Waals surface area (Å²) in [5.41, 5.74) is 0.212. The molecule has 0 aliphatic rings. The molecule has 0 unspecified atom stereocenters. The van der Waals surface area contributed by atoms with E-state index in [9.17, 15) is 13.2 Å². The zero-order valence-electron chi connectivity index (χ0n) is 5.40. The fourth-order valence-electron chi connectivity index (χ4n) is 0.216. The van der Waals surface area contributed by atoms with Crippen LogP contribution in [0.1, 0.15) is 6.92 Å². The largest absolute Gasteiger partial charge is 0.425 e. The normalized spacial score (nSPS) is 13.5. The molecule has 0 saturated carbocycles. The molecule has 0 atom stereocenters. The minimum absolute atomic E-state index is 0.212. The van der Waals surface area contributed by atoms with Crippen molar-refractivity contribution < 1.29 is 18.0 Å². The summed E-state index contributed by atoms with van der Waals surface area (Å²) in [4.78, 5) is 3.86. The van der Waals surface area contributed by atoms with Gasteiger partial charge in [0, 0.05) is 0 Å². The molecule has 10 heavy (non-hydrogen) atoms. The fourth-order valence-corrected chi connectivity index (χ4v) is 0.216. The van der Waals surface area contributed by atoms with Crippen LogP contribution in [0.25, 0.3) is 0 Å². The fraction of sp³-hybridized carbons (Fsp3) is 0.600. The van der Waals surface area contributed by atoms with Crippen molar-refractivity contribution in [3.63, 3.8) is 0 Å². The first-order chi connectivity index (χ1) is 4.42. The third-order valence-corrected chi connectivity index (χ3v) is 0.449. The van der Waals surface area contributed by atoms with E-state index in [0.717, 1.165) is 0 Å². The summed E-state index contributed by atoms with van der Waals surface area (Å²) in [5, 5.41) is 3.00. The predicted molar refractivity (Wildman–Crippen MR) is 30.5 cm³/mol. The topological polar surface area (TPSA) is 21.6 Å². The lowest BCUT2D eigenvalue weighted by molar-refractivity contribution is -0.173. The summed E-state index contributed by atoms with van der Waals surface area (Å²) in [6.45, 7) is 3.30. The van der Waals surface area contributed by atoms with Gasteiger partial charge in [0.15, 0.2) is 0 Å². The van der Waals surface area contributed by atoms with E-state index in [1.54, 1.807) is 0 Å². The first-order valence-corrected chi connectivity index (χ1v) is 2.47. The van der Waals surface area contributed by atoms with Crippen molar-refractivity contribution in [2.24, 2.45) is 5.16 Å². The van der Waals surface area contributed by atoms with Crippen LogP contribution in [0.15, 0.2) is 5.16 Å². The predicted octanol–water partition coefficient (Wildman–Crippen LogP) is 1.78. The summed E-state index contributed by atoms with van der Waals surface area (Å²) in [6.07, 6.45) is -4.32. The number of halogens is 3. The molecule has 0 heterocycles. The van der Waals surface area contributed by atoms with Crippen LogP contribution in [0.2, 0.25) is 0 Å². The molecule has 0 aliphatic carbocycles. The Kier molecular flexibility index (Phi) is 3.18. The first kappa shape index (κ1) is 9.26. The van der Waals surface area contributed by atoms with Gasteiger partial charge in [-0.15, -0.1) is 0 Å². The molecule has 0 bridgehead atoms. The maximum atomic E-state index is 11.3. The molecule has 0 amide bonds. The Hall–Kier alpha value is -0.740. The molecule has 0 N–H and O–H groups in total. The molecule has 0 spiro atoms. The standard InChI is InChI=1S/C5H7F3NO/c1-4(2)9-10-3-5(6,7)8/h1,3H2,2H3/b9-4-. The van der Waals surface area contributed by atoms with E-state index in [4.69, 9.17) is 0 Å². The second kappa shape index (κ2) is 3.43. The lowest BCUT2D eigenvalue weighted by Crippen LogP contribution is -2.15. The Balaban J connectivity index is 3.47. The minimum atomic E-state index is -4.32. The molecule has 1 radical (unpaired) electrons. The van der Waals surface area contributed by atoms with Gasteiger partial charge in [-0.2, -0.15) is 13.2 Å². The Morgan fingerprint density at radius 3 is 2.40 bits per heavy atom. The molecule has 0 rings (SSSR count). The third kappa shape index (κ3) is 7.26. The Labute approximate surface area is 56.7 Å². The van der Waals surface area contributed by atoms with Crippen LogP contribution in [-0.4, -0.2) is 18.5 Å². The second-order valence-corrected chi connectivity index (χ2v) is 1.72. The van der Waals surface area contributed by atoms with E-state index in [-0.39, 0.29) is 5.71 Å². The third-order valence-electron chi connectivity index (χ3n) is 0.449. The monoisotopic (exact) mass is 154 g/mol. The van der Waals surface area contributed by atoms with E-state index in [2.05, 4.69) is 16.9 Å². The number of alkyl halides is 3.